The summed E-state index contributed by atoms with van der Waals surface area (Å²) in [5.41, 5.74) is 0.520. The molecule has 1 N–H and O–H groups in total. The monoisotopic (exact) mass is 312 g/mol. The third kappa shape index (κ3) is 3.77. The van der Waals surface area contributed by atoms with Crippen molar-refractivity contribution in [3.05, 3.63) is 42.0 Å². The number of nitrogens with zero attached hydrogens (tertiary/aromatic N) is 3. The Bertz CT molecular complexity index is 667. The summed E-state index contributed by atoms with van der Waals surface area (Å²) in [6.07, 6.45) is 3.66. The largest absolute Gasteiger partial charge is 0.497 e. The number of piperidine rings is 1. The van der Waals surface area contributed by atoms with Crippen molar-refractivity contribution in [3.63, 3.8) is 0 Å². The van der Waals surface area contributed by atoms with Crippen LogP contribution in [0, 0.1) is 0 Å². The van der Waals surface area contributed by atoms with Crippen LogP contribution in [0.2, 0.25) is 0 Å². The van der Waals surface area contributed by atoms with Crippen LogP contribution in [-0.2, 0) is 0 Å². The van der Waals surface area contributed by atoms with Crippen LogP contribution in [0.5, 0.6) is 5.75 Å². The molecule has 1 saturated heterocycles. The predicted molar refractivity (Wildman–Crippen MR) is 89.0 cm³/mol. The Morgan fingerprint density at radius 3 is 2.65 bits per heavy atom. The molecule has 1 aromatic carbocycles. The number of hydrogen-bond donors (Lipinski definition) is 1. The minimum atomic E-state index is -0.232. The number of carbonyl (C=O) groups is 1. The minimum Gasteiger partial charge on any atom is -0.497 e. The summed E-state index contributed by atoms with van der Waals surface area (Å²) in [7, 11) is 1.57. The summed E-state index contributed by atoms with van der Waals surface area (Å²) in [6, 6.07) is 10.7. The lowest BCUT2D eigenvalue weighted by molar-refractivity contribution is 0.102. The molecule has 0 saturated carbocycles. The first kappa shape index (κ1) is 15.3. The van der Waals surface area contributed by atoms with Crippen LogP contribution >= 0.6 is 0 Å². The molecular weight excluding hydrogens is 292 g/mol. The van der Waals surface area contributed by atoms with Gasteiger partial charge in [-0.25, -0.2) is 0 Å². The van der Waals surface area contributed by atoms with E-state index in [1.807, 2.05) is 6.07 Å². The van der Waals surface area contributed by atoms with Gasteiger partial charge in [0, 0.05) is 18.7 Å². The Balaban J connectivity index is 1.66. The lowest BCUT2D eigenvalue weighted by atomic mass is 10.1. The van der Waals surface area contributed by atoms with Gasteiger partial charge in [0.1, 0.15) is 5.75 Å². The number of benzene rings is 1. The molecule has 6 nitrogen and oxygen atoms in total. The first-order valence-electron chi connectivity index (χ1n) is 7.80. The van der Waals surface area contributed by atoms with Crippen LogP contribution in [0.15, 0.2) is 36.4 Å². The van der Waals surface area contributed by atoms with E-state index in [4.69, 9.17) is 4.74 Å². The van der Waals surface area contributed by atoms with Gasteiger partial charge in [0.15, 0.2) is 11.6 Å². The van der Waals surface area contributed by atoms with Gasteiger partial charge in [0.25, 0.3) is 5.91 Å². The van der Waals surface area contributed by atoms with Gasteiger partial charge in [-0.3, -0.25) is 4.79 Å². The van der Waals surface area contributed by atoms with Crippen molar-refractivity contribution < 1.29 is 9.53 Å². The fraction of sp³-hybridized carbons (Fsp3) is 0.353. The fourth-order valence-corrected chi connectivity index (χ4v) is 2.64. The van der Waals surface area contributed by atoms with Gasteiger partial charge in [0.05, 0.1) is 7.11 Å². The van der Waals surface area contributed by atoms with Gasteiger partial charge in [-0.1, -0.05) is 6.07 Å². The third-order valence-electron chi connectivity index (χ3n) is 3.90. The van der Waals surface area contributed by atoms with Gasteiger partial charge < -0.3 is 15.0 Å². The zero-order valence-corrected chi connectivity index (χ0v) is 13.2. The third-order valence-corrected chi connectivity index (χ3v) is 3.90. The second-order valence-electron chi connectivity index (χ2n) is 5.51. The molecular formula is C17H20N4O2. The topological polar surface area (TPSA) is 67.3 Å². The van der Waals surface area contributed by atoms with E-state index in [1.165, 1.54) is 19.3 Å². The van der Waals surface area contributed by atoms with Crippen LogP contribution in [0.3, 0.4) is 0 Å². The second kappa shape index (κ2) is 7.09. The molecule has 2 heterocycles. The second-order valence-corrected chi connectivity index (χ2v) is 5.51. The van der Waals surface area contributed by atoms with Gasteiger partial charge in [-0.05, 0) is 49.6 Å². The van der Waals surface area contributed by atoms with E-state index in [9.17, 15) is 4.79 Å². The van der Waals surface area contributed by atoms with E-state index in [0.29, 0.717) is 17.1 Å². The molecule has 0 bridgehead atoms. The van der Waals surface area contributed by atoms with Crippen LogP contribution in [0.25, 0.3) is 0 Å². The van der Waals surface area contributed by atoms with Crippen LogP contribution < -0.4 is 15.0 Å². The van der Waals surface area contributed by atoms with E-state index >= 15 is 0 Å². The number of nitrogens with one attached hydrogen (secondary N) is 1. The Hall–Kier alpha value is -2.63. The molecule has 2 aromatic rings. The van der Waals surface area contributed by atoms with E-state index in [2.05, 4.69) is 20.4 Å². The molecule has 0 unspecified atom stereocenters. The lowest BCUT2D eigenvalue weighted by Gasteiger charge is -2.27. The average Bonchev–Trinajstić information content (AvgIpc) is 2.63. The first-order valence-corrected chi connectivity index (χ1v) is 7.80. The van der Waals surface area contributed by atoms with Crippen molar-refractivity contribution in [3.8, 4) is 5.75 Å². The highest BCUT2D eigenvalue weighted by Crippen LogP contribution is 2.18. The number of anilines is 2. The van der Waals surface area contributed by atoms with Gasteiger partial charge >= 0.3 is 0 Å². The van der Waals surface area contributed by atoms with Crippen molar-refractivity contribution in [2.75, 3.05) is 30.4 Å². The van der Waals surface area contributed by atoms with Crippen molar-refractivity contribution in [1.82, 2.24) is 10.2 Å². The molecule has 120 valence electrons. The number of hydrogen-bond acceptors (Lipinski definition) is 5. The van der Waals surface area contributed by atoms with Gasteiger partial charge in [0.2, 0.25) is 0 Å². The summed E-state index contributed by atoms with van der Waals surface area (Å²) in [4.78, 5) is 14.5. The molecule has 6 heteroatoms. The molecule has 1 fully saturated rings. The number of methoxy groups -OCH3 is 1. The summed E-state index contributed by atoms with van der Waals surface area (Å²) >= 11 is 0. The van der Waals surface area contributed by atoms with E-state index in [1.54, 1.807) is 37.4 Å². The highest BCUT2D eigenvalue weighted by atomic mass is 16.5. The van der Waals surface area contributed by atoms with Crippen molar-refractivity contribution >= 4 is 17.5 Å². The molecule has 1 amide bonds. The lowest BCUT2D eigenvalue weighted by Crippen LogP contribution is -2.30. The van der Waals surface area contributed by atoms with Crippen LogP contribution in [-0.4, -0.2) is 36.3 Å². The summed E-state index contributed by atoms with van der Waals surface area (Å²) in [5.74, 6) is 1.72. The van der Waals surface area contributed by atoms with Crippen molar-refractivity contribution in [2.45, 2.75) is 19.3 Å². The summed E-state index contributed by atoms with van der Waals surface area (Å²) in [6.45, 7) is 2.04. The fourth-order valence-electron chi connectivity index (χ4n) is 2.64. The maximum Gasteiger partial charge on any atom is 0.256 e. The summed E-state index contributed by atoms with van der Waals surface area (Å²) in [5, 5.41) is 11.1. The standard InChI is InChI=1S/C17H20N4O2/c1-23-14-7-5-6-13(12-14)17(22)18-15-8-9-16(20-19-15)21-10-3-2-4-11-21/h5-9,12H,2-4,10-11H2,1H3,(H,18,19,22). The molecule has 1 aromatic heterocycles. The van der Waals surface area contributed by atoms with Crippen LogP contribution in [0.1, 0.15) is 29.6 Å². The normalized spacial score (nSPS) is 14.4. The smallest absolute Gasteiger partial charge is 0.256 e. The predicted octanol–water partition coefficient (Wildman–Crippen LogP) is 2.73. The zero-order chi connectivity index (χ0) is 16.1. The molecule has 0 radical (unpaired) electrons. The minimum absolute atomic E-state index is 0.232. The number of amides is 1. The average molecular weight is 312 g/mol. The molecule has 0 atom stereocenters. The van der Waals surface area contributed by atoms with E-state index in [-0.39, 0.29) is 5.91 Å². The molecule has 0 aliphatic carbocycles. The number of ether oxygens (including phenoxy) is 1. The molecule has 1 aliphatic rings. The van der Waals surface area contributed by atoms with Gasteiger partial charge in [-0.15, -0.1) is 10.2 Å². The Labute approximate surface area is 135 Å². The molecule has 0 spiro atoms. The highest BCUT2D eigenvalue weighted by Gasteiger charge is 2.13. The zero-order valence-electron chi connectivity index (χ0n) is 13.2. The van der Waals surface area contributed by atoms with E-state index in [0.717, 1.165) is 18.9 Å². The SMILES string of the molecule is COc1cccc(C(=O)Nc2ccc(N3CCCCC3)nn2)c1. The number of aromatic nitrogens is 2. The Kier molecular flexibility index (Phi) is 4.71. The van der Waals surface area contributed by atoms with Crippen LogP contribution in [0.4, 0.5) is 11.6 Å². The maximum atomic E-state index is 12.2. The maximum absolute atomic E-state index is 12.2. The Morgan fingerprint density at radius 1 is 1.13 bits per heavy atom. The Morgan fingerprint density at radius 2 is 1.96 bits per heavy atom. The molecule has 23 heavy (non-hydrogen) atoms. The number of rotatable bonds is 4. The van der Waals surface area contributed by atoms with Gasteiger partial charge in [-0.2, -0.15) is 0 Å². The molecule has 3 rings (SSSR count). The molecule has 1 aliphatic heterocycles. The van der Waals surface area contributed by atoms with Crippen molar-refractivity contribution in [1.29, 1.82) is 0 Å². The summed E-state index contributed by atoms with van der Waals surface area (Å²) < 4.78 is 5.12. The quantitative estimate of drug-likeness (QED) is 0.940. The first-order chi connectivity index (χ1) is 11.3. The van der Waals surface area contributed by atoms with E-state index < -0.39 is 0 Å². The number of carbonyl (C=O) groups excluding carboxylic acids is 1. The van der Waals surface area contributed by atoms with Crippen molar-refractivity contribution in [2.24, 2.45) is 0 Å². The highest BCUT2D eigenvalue weighted by molar-refractivity contribution is 6.03.